The van der Waals surface area contributed by atoms with E-state index in [1.165, 1.54) is 25.7 Å². The lowest BCUT2D eigenvalue weighted by Gasteiger charge is -2.31. The summed E-state index contributed by atoms with van der Waals surface area (Å²) >= 11 is 5.47. The van der Waals surface area contributed by atoms with Crippen LogP contribution in [0.5, 0.6) is 5.75 Å². The average Bonchev–Trinajstić information content (AvgIpc) is 2.53. The van der Waals surface area contributed by atoms with Crippen molar-refractivity contribution in [3.8, 4) is 5.75 Å². The van der Waals surface area contributed by atoms with Gasteiger partial charge in [0.25, 0.3) is 5.24 Å². The van der Waals surface area contributed by atoms with E-state index < -0.39 is 5.24 Å². The van der Waals surface area contributed by atoms with Gasteiger partial charge >= 0.3 is 0 Å². The zero-order valence-corrected chi connectivity index (χ0v) is 14.7. The number of carbonyl (C=O) groups is 1. The zero-order valence-electron chi connectivity index (χ0n) is 14.0. The Morgan fingerprint density at radius 3 is 2.05 bits per heavy atom. The highest BCUT2D eigenvalue weighted by Crippen LogP contribution is 2.18. The van der Waals surface area contributed by atoms with Crippen molar-refractivity contribution >= 4 is 16.8 Å². The number of hydrogen-bond donors (Lipinski definition) is 0. The van der Waals surface area contributed by atoms with E-state index >= 15 is 0 Å². The maximum atomic E-state index is 11.1. The minimum absolute atomic E-state index is 0.0793. The first-order valence-corrected chi connectivity index (χ1v) is 8.70. The summed E-state index contributed by atoms with van der Waals surface area (Å²) in [5, 5.41) is -0.439. The third kappa shape index (κ3) is 6.37. The standard InChI is InChI=1S/C18H28ClNO2/c1-4-7-13-20(14-8-5-2)17(6-3)22-16-11-9-15(10-12-16)18(19)21/h9-12,17H,4-8,13-14H2,1-3H3. The molecule has 1 rings (SSSR count). The Labute approximate surface area is 139 Å². The maximum absolute atomic E-state index is 11.1. The van der Waals surface area contributed by atoms with Crippen LogP contribution >= 0.6 is 11.6 Å². The molecule has 0 fully saturated rings. The van der Waals surface area contributed by atoms with Crippen LogP contribution in [0.4, 0.5) is 0 Å². The lowest BCUT2D eigenvalue weighted by atomic mass is 10.2. The highest BCUT2D eigenvalue weighted by molar-refractivity contribution is 6.67. The molecule has 0 radical (unpaired) electrons. The van der Waals surface area contributed by atoms with E-state index in [0.29, 0.717) is 5.56 Å². The SMILES string of the molecule is CCCCN(CCCC)C(CC)Oc1ccc(C(=O)Cl)cc1. The van der Waals surface area contributed by atoms with E-state index in [-0.39, 0.29) is 6.23 Å². The number of rotatable bonds is 11. The number of ether oxygens (including phenoxy) is 1. The van der Waals surface area contributed by atoms with Crippen molar-refractivity contribution in [2.24, 2.45) is 0 Å². The van der Waals surface area contributed by atoms with Crippen molar-refractivity contribution in [3.05, 3.63) is 29.8 Å². The van der Waals surface area contributed by atoms with Crippen LogP contribution in [0.3, 0.4) is 0 Å². The lowest BCUT2D eigenvalue weighted by Crippen LogP contribution is -2.40. The van der Waals surface area contributed by atoms with Crippen molar-refractivity contribution in [1.82, 2.24) is 4.90 Å². The van der Waals surface area contributed by atoms with E-state index in [1.54, 1.807) is 12.1 Å². The molecule has 0 aliphatic carbocycles. The summed E-state index contributed by atoms with van der Waals surface area (Å²) in [7, 11) is 0. The number of unbranched alkanes of at least 4 members (excludes halogenated alkanes) is 2. The summed E-state index contributed by atoms with van der Waals surface area (Å²) in [4.78, 5) is 13.5. The van der Waals surface area contributed by atoms with Gasteiger partial charge in [0, 0.05) is 18.7 Å². The molecule has 0 aliphatic rings. The number of halogens is 1. The fourth-order valence-corrected chi connectivity index (χ4v) is 2.49. The molecule has 22 heavy (non-hydrogen) atoms. The zero-order chi connectivity index (χ0) is 16.4. The minimum Gasteiger partial charge on any atom is -0.475 e. The number of hydrogen-bond acceptors (Lipinski definition) is 3. The van der Waals surface area contributed by atoms with Crippen molar-refractivity contribution in [1.29, 1.82) is 0 Å². The van der Waals surface area contributed by atoms with Gasteiger partial charge in [-0.05, 0) is 55.1 Å². The number of benzene rings is 1. The van der Waals surface area contributed by atoms with Gasteiger partial charge in [-0.3, -0.25) is 9.69 Å². The van der Waals surface area contributed by atoms with Crippen molar-refractivity contribution in [3.63, 3.8) is 0 Å². The molecule has 0 heterocycles. The smallest absolute Gasteiger partial charge is 0.252 e. The van der Waals surface area contributed by atoms with Crippen molar-refractivity contribution in [2.75, 3.05) is 13.1 Å². The molecule has 4 heteroatoms. The summed E-state index contributed by atoms with van der Waals surface area (Å²) in [5.74, 6) is 0.784. The Balaban J connectivity index is 2.71. The minimum atomic E-state index is -0.439. The van der Waals surface area contributed by atoms with Crippen LogP contribution in [-0.2, 0) is 0 Å². The molecule has 1 aromatic carbocycles. The molecule has 0 aliphatic heterocycles. The highest BCUT2D eigenvalue weighted by Gasteiger charge is 2.17. The highest BCUT2D eigenvalue weighted by atomic mass is 35.5. The van der Waals surface area contributed by atoms with E-state index in [2.05, 4.69) is 25.7 Å². The number of carbonyl (C=O) groups excluding carboxylic acids is 1. The van der Waals surface area contributed by atoms with Gasteiger partial charge in [0.05, 0.1) is 0 Å². The lowest BCUT2D eigenvalue weighted by molar-refractivity contribution is 0.0202. The topological polar surface area (TPSA) is 29.5 Å². The second kappa shape index (κ2) is 10.6. The molecule has 1 atom stereocenters. The molecule has 0 amide bonds. The molecular formula is C18H28ClNO2. The van der Waals surface area contributed by atoms with Gasteiger partial charge in [-0.1, -0.05) is 33.6 Å². The van der Waals surface area contributed by atoms with Gasteiger partial charge < -0.3 is 4.74 Å². The van der Waals surface area contributed by atoms with E-state index in [4.69, 9.17) is 16.3 Å². The van der Waals surface area contributed by atoms with Gasteiger partial charge in [-0.15, -0.1) is 0 Å². The predicted octanol–water partition coefficient (Wildman–Crippen LogP) is 5.08. The Kier molecular flexibility index (Phi) is 9.17. The largest absolute Gasteiger partial charge is 0.475 e. The van der Waals surface area contributed by atoms with Gasteiger partial charge in [-0.2, -0.15) is 0 Å². The second-order valence-electron chi connectivity index (χ2n) is 5.52. The summed E-state index contributed by atoms with van der Waals surface area (Å²) in [6.07, 6.45) is 5.75. The summed E-state index contributed by atoms with van der Waals surface area (Å²) in [5.41, 5.74) is 0.496. The molecule has 0 aromatic heterocycles. The van der Waals surface area contributed by atoms with Gasteiger partial charge in [0.15, 0.2) is 6.23 Å². The molecule has 1 unspecified atom stereocenters. The quantitative estimate of drug-likeness (QED) is 0.419. The monoisotopic (exact) mass is 325 g/mol. The van der Waals surface area contributed by atoms with E-state index in [9.17, 15) is 4.79 Å². The van der Waals surface area contributed by atoms with E-state index in [0.717, 1.165) is 25.3 Å². The van der Waals surface area contributed by atoms with Crippen molar-refractivity contribution in [2.45, 2.75) is 59.1 Å². The van der Waals surface area contributed by atoms with Crippen LogP contribution in [0.2, 0.25) is 0 Å². The third-order valence-electron chi connectivity index (χ3n) is 3.71. The van der Waals surface area contributed by atoms with Crippen molar-refractivity contribution < 1.29 is 9.53 Å². The predicted molar refractivity (Wildman–Crippen MR) is 92.7 cm³/mol. The molecule has 0 spiro atoms. The first-order valence-electron chi connectivity index (χ1n) is 8.32. The molecule has 1 aromatic rings. The first-order chi connectivity index (χ1) is 10.6. The Bertz CT molecular complexity index is 425. The molecule has 0 N–H and O–H groups in total. The Hall–Kier alpha value is -1.06. The Morgan fingerprint density at radius 1 is 1.09 bits per heavy atom. The van der Waals surface area contributed by atoms with Crippen LogP contribution < -0.4 is 4.74 Å². The van der Waals surface area contributed by atoms with Crippen LogP contribution in [0.15, 0.2) is 24.3 Å². The summed E-state index contributed by atoms with van der Waals surface area (Å²) < 4.78 is 6.13. The summed E-state index contributed by atoms with van der Waals surface area (Å²) in [6.45, 7) is 8.69. The van der Waals surface area contributed by atoms with Crippen LogP contribution in [0.1, 0.15) is 63.2 Å². The van der Waals surface area contributed by atoms with Crippen LogP contribution in [0.25, 0.3) is 0 Å². The van der Waals surface area contributed by atoms with Crippen LogP contribution in [0, 0.1) is 0 Å². The van der Waals surface area contributed by atoms with Gasteiger partial charge in [-0.25, -0.2) is 0 Å². The molecular weight excluding hydrogens is 298 g/mol. The van der Waals surface area contributed by atoms with Crippen LogP contribution in [-0.4, -0.2) is 29.5 Å². The fourth-order valence-electron chi connectivity index (χ4n) is 2.36. The third-order valence-corrected chi connectivity index (χ3v) is 3.93. The Morgan fingerprint density at radius 2 is 1.64 bits per heavy atom. The summed E-state index contributed by atoms with van der Waals surface area (Å²) in [6, 6.07) is 7.05. The maximum Gasteiger partial charge on any atom is 0.252 e. The average molecular weight is 326 g/mol. The van der Waals surface area contributed by atoms with Gasteiger partial charge in [0.1, 0.15) is 5.75 Å². The normalized spacial score (nSPS) is 12.4. The molecule has 0 saturated carbocycles. The van der Waals surface area contributed by atoms with Gasteiger partial charge in [0.2, 0.25) is 0 Å². The molecule has 3 nitrogen and oxygen atoms in total. The molecule has 124 valence electrons. The van der Waals surface area contributed by atoms with E-state index in [1.807, 2.05) is 12.1 Å². The number of nitrogens with zero attached hydrogens (tertiary/aromatic N) is 1. The molecule has 0 saturated heterocycles. The first kappa shape index (κ1) is 19.0. The second-order valence-corrected chi connectivity index (χ2v) is 5.87. The molecule has 0 bridgehead atoms. The fraction of sp³-hybridized carbons (Fsp3) is 0.611.